The summed E-state index contributed by atoms with van der Waals surface area (Å²) >= 11 is 1.29. The molecule has 0 fully saturated rings. The number of nitrogens with zero attached hydrogens (tertiary/aromatic N) is 3. The van der Waals surface area contributed by atoms with E-state index in [-0.39, 0.29) is 11.8 Å². The van der Waals surface area contributed by atoms with Gasteiger partial charge in [-0.05, 0) is 23.3 Å². The summed E-state index contributed by atoms with van der Waals surface area (Å²) in [5.74, 6) is 0.825. The van der Waals surface area contributed by atoms with Crippen molar-refractivity contribution in [3.8, 4) is 34.0 Å². The molecule has 1 aliphatic heterocycles. The molecule has 1 atom stereocenters. The normalized spacial score (nSPS) is 14.3. The van der Waals surface area contributed by atoms with E-state index in [0.717, 1.165) is 27.9 Å². The second-order valence-electron chi connectivity index (χ2n) is 9.53. The van der Waals surface area contributed by atoms with E-state index >= 15 is 0 Å². The maximum Gasteiger partial charge on any atom is 0.232 e. The van der Waals surface area contributed by atoms with Gasteiger partial charge in [-0.2, -0.15) is 0 Å². The Kier molecular flexibility index (Phi) is 5.77. The van der Waals surface area contributed by atoms with Crippen molar-refractivity contribution in [1.29, 1.82) is 0 Å². The first kappa shape index (κ1) is 23.1. The van der Waals surface area contributed by atoms with Crippen LogP contribution in [0.2, 0.25) is 0 Å². The minimum absolute atomic E-state index is 0.141. The number of benzene rings is 3. The molecule has 2 aromatic heterocycles. The molecule has 0 bridgehead atoms. The summed E-state index contributed by atoms with van der Waals surface area (Å²) in [5, 5.41) is 11.2. The number of fused-ring (bicyclic) bond motifs is 2. The summed E-state index contributed by atoms with van der Waals surface area (Å²) in [6.07, 6.45) is 0. The molecule has 0 radical (unpaired) electrons. The number of pyridine rings is 1. The zero-order valence-corrected chi connectivity index (χ0v) is 21.2. The molecule has 3 heterocycles. The van der Waals surface area contributed by atoms with Gasteiger partial charge in [0.2, 0.25) is 16.9 Å². The molecule has 1 amide bonds. The average molecular weight is 505 g/mol. The minimum Gasteiger partial charge on any atom is -0.438 e. The monoisotopic (exact) mass is 504 g/mol. The fraction of sp³-hybridized carbons (Fsp3) is 0.133. The van der Waals surface area contributed by atoms with Crippen molar-refractivity contribution >= 4 is 22.4 Å². The minimum atomic E-state index is -0.819. The van der Waals surface area contributed by atoms with Crippen molar-refractivity contribution < 1.29 is 9.53 Å². The number of nitrogens with one attached hydrogen (secondary N) is 1. The molecule has 1 aliphatic rings. The lowest BCUT2D eigenvalue weighted by Gasteiger charge is -2.37. The number of anilines is 1. The van der Waals surface area contributed by atoms with Gasteiger partial charge in [-0.15, -0.1) is 10.2 Å². The van der Waals surface area contributed by atoms with Crippen molar-refractivity contribution in [3.05, 3.63) is 108 Å². The summed E-state index contributed by atoms with van der Waals surface area (Å²) in [4.78, 5) is 18.4. The van der Waals surface area contributed by atoms with Crippen LogP contribution in [0.5, 0.6) is 11.6 Å². The summed E-state index contributed by atoms with van der Waals surface area (Å²) in [6, 6.07) is 30.5. The van der Waals surface area contributed by atoms with Crippen LogP contribution < -0.4 is 10.1 Å². The first-order valence-electron chi connectivity index (χ1n) is 12.0. The topological polar surface area (TPSA) is 77.0 Å². The number of hydrogen-bond acceptors (Lipinski definition) is 6. The van der Waals surface area contributed by atoms with Gasteiger partial charge in [0.25, 0.3) is 0 Å². The number of ether oxygens (including phenoxy) is 1. The lowest BCUT2D eigenvalue weighted by Crippen LogP contribution is -2.38. The van der Waals surface area contributed by atoms with Crippen LogP contribution in [0.1, 0.15) is 30.9 Å². The average Bonchev–Trinajstić information content (AvgIpc) is 3.45. The van der Waals surface area contributed by atoms with E-state index in [1.807, 2.05) is 68.4 Å². The third kappa shape index (κ3) is 4.27. The van der Waals surface area contributed by atoms with Gasteiger partial charge in [-0.1, -0.05) is 104 Å². The van der Waals surface area contributed by atoms with Crippen LogP contribution in [-0.4, -0.2) is 21.1 Å². The van der Waals surface area contributed by atoms with Crippen LogP contribution in [-0.2, 0) is 4.79 Å². The summed E-state index contributed by atoms with van der Waals surface area (Å²) in [7, 11) is 0. The first-order chi connectivity index (χ1) is 18.0. The predicted octanol–water partition coefficient (Wildman–Crippen LogP) is 7.17. The highest BCUT2D eigenvalue weighted by atomic mass is 32.1. The number of hydrogen-bond donors (Lipinski definition) is 1. The van der Waals surface area contributed by atoms with Gasteiger partial charge in [0.1, 0.15) is 11.3 Å². The highest BCUT2D eigenvalue weighted by Gasteiger charge is 2.44. The van der Waals surface area contributed by atoms with E-state index in [4.69, 9.17) is 9.72 Å². The van der Waals surface area contributed by atoms with Crippen molar-refractivity contribution in [1.82, 2.24) is 15.2 Å². The van der Waals surface area contributed by atoms with Crippen LogP contribution in [0.3, 0.4) is 0 Å². The molecule has 3 aromatic carbocycles. The molecule has 37 heavy (non-hydrogen) atoms. The van der Waals surface area contributed by atoms with Crippen LogP contribution in [0.4, 0.5) is 5.13 Å². The highest BCUT2D eigenvalue weighted by Crippen LogP contribution is 2.52. The van der Waals surface area contributed by atoms with Crippen LogP contribution in [0, 0.1) is 5.41 Å². The van der Waals surface area contributed by atoms with E-state index < -0.39 is 5.41 Å². The number of para-hydroxylation sites is 1. The molecular formula is C30H24N4O2S. The van der Waals surface area contributed by atoms with Crippen molar-refractivity contribution in [3.63, 3.8) is 0 Å². The fourth-order valence-corrected chi connectivity index (χ4v) is 5.30. The van der Waals surface area contributed by atoms with Gasteiger partial charge in [-0.3, -0.25) is 4.79 Å². The fourth-order valence-electron chi connectivity index (χ4n) is 4.86. The lowest BCUT2D eigenvalue weighted by atomic mass is 9.69. The molecule has 1 N–H and O–H groups in total. The lowest BCUT2D eigenvalue weighted by molar-refractivity contribution is -0.124. The Balaban J connectivity index is 1.37. The van der Waals surface area contributed by atoms with E-state index in [2.05, 4.69) is 51.9 Å². The Morgan fingerprint density at radius 3 is 2.30 bits per heavy atom. The van der Waals surface area contributed by atoms with Gasteiger partial charge >= 0.3 is 0 Å². The van der Waals surface area contributed by atoms with Crippen LogP contribution in [0.25, 0.3) is 22.4 Å². The Labute approximate surface area is 219 Å². The molecule has 182 valence electrons. The molecule has 0 aliphatic carbocycles. The summed E-state index contributed by atoms with van der Waals surface area (Å²) < 4.78 is 6.28. The van der Waals surface area contributed by atoms with Crippen molar-refractivity contribution in [2.24, 2.45) is 5.41 Å². The Morgan fingerprint density at radius 2 is 1.54 bits per heavy atom. The van der Waals surface area contributed by atoms with Gasteiger partial charge in [0, 0.05) is 22.6 Å². The van der Waals surface area contributed by atoms with E-state index in [1.165, 1.54) is 16.9 Å². The van der Waals surface area contributed by atoms with E-state index in [0.29, 0.717) is 16.8 Å². The van der Waals surface area contributed by atoms with Gasteiger partial charge in [0.05, 0.1) is 11.1 Å². The molecule has 5 aromatic rings. The molecule has 7 heteroatoms. The molecule has 6 rings (SSSR count). The number of rotatable bonds is 5. The van der Waals surface area contributed by atoms with Crippen molar-refractivity contribution in [2.75, 3.05) is 5.32 Å². The van der Waals surface area contributed by atoms with Crippen molar-refractivity contribution in [2.45, 2.75) is 19.8 Å². The number of amides is 1. The third-order valence-electron chi connectivity index (χ3n) is 6.81. The van der Waals surface area contributed by atoms with Gasteiger partial charge in [0.15, 0.2) is 0 Å². The number of carbonyl (C=O) groups is 1. The predicted molar refractivity (Wildman–Crippen MR) is 146 cm³/mol. The zero-order chi connectivity index (χ0) is 25.4. The molecule has 0 saturated carbocycles. The molecule has 0 saturated heterocycles. The molecular weight excluding hydrogens is 480 g/mol. The molecule has 0 unspecified atom stereocenters. The van der Waals surface area contributed by atoms with E-state index in [1.54, 1.807) is 5.51 Å². The second kappa shape index (κ2) is 9.26. The highest BCUT2D eigenvalue weighted by molar-refractivity contribution is 7.13. The maximum absolute atomic E-state index is 13.5. The Hall–Kier alpha value is -4.36. The van der Waals surface area contributed by atoms with Crippen LogP contribution >= 0.6 is 11.3 Å². The zero-order valence-electron chi connectivity index (χ0n) is 20.4. The summed E-state index contributed by atoms with van der Waals surface area (Å²) in [6.45, 7) is 3.88. The Bertz CT molecular complexity index is 1570. The Morgan fingerprint density at radius 1 is 0.838 bits per heavy atom. The van der Waals surface area contributed by atoms with E-state index in [9.17, 15) is 4.79 Å². The third-order valence-corrected chi connectivity index (χ3v) is 7.42. The first-order valence-corrected chi connectivity index (χ1v) is 12.9. The number of carbonyl (C=O) groups excluding carboxylic acids is 1. The SMILES string of the molecule is CC(C)(C(=O)Nc1nncs1)[C@H]1c2ccccc2Oc2nc(-c3ccc(-c4ccccc4)cc3)ccc21. The van der Waals surface area contributed by atoms with Gasteiger partial charge in [-0.25, -0.2) is 4.98 Å². The molecule has 6 nitrogen and oxygen atoms in total. The van der Waals surface area contributed by atoms with Gasteiger partial charge < -0.3 is 10.1 Å². The maximum atomic E-state index is 13.5. The quantitative estimate of drug-likeness (QED) is 0.275. The van der Waals surface area contributed by atoms with Crippen LogP contribution in [0.15, 0.2) is 96.5 Å². The largest absolute Gasteiger partial charge is 0.438 e. The number of aromatic nitrogens is 3. The smallest absolute Gasteiger partial charge is 0.232 e. The standard InChI is InChI=1S/C30H24N4O2S/c1-30(2,28(35)33-29-34-31-18-37-29)26-22-10-6-7-11-25(22)36-27-23(26)16-17-24(32-27)21-14-12-20(13-15-21)19-8-4-3-5-9-19/h3-18,26H,1-2H3,(H,33,34,35)/t26-/m0/s1. The second-order valence-corrected chi connectivity index (χ2v) is 10.4. The molecule has 0 spiro atoms. The summed E-state index contributed by atoms with van der Waals surface area (Å²) in [5.41, 5.74) is 6.73.